The Morgan fingerprint density at radius 2 is 2.38 bits per heavy atom. The maximum absolute atomic E-state index is 12.0. The van der Waals surface area contributed by atoms with E-state index in [4.69, 9.17) is 4.74 Å². The lowest BCUT2D eigenvalue weighted by Crippen LogP contribution is -2.55. The summed E-state index contributed by atoms with van der Waals surface area (Å²) in [7, 11) is 1.49. The summed E-state index contributed by atoms with van der Waals surface area (Å²) in [5.41, 5.74) is -0.404. The second-order valence-corrected chi connectivity index (χ2v) is 5.35. The van der Waals surface area contributed by atoms with Crippen LogP contribution in [0.25, 0.3) is 0 Å². The quantitative estimate of drug-likeness (QED) is 0.727. The highest BCUT2D eigenvalue weighted by molar-refractivity contribution is 7.98. The van der Waals surface area contributed by atoms with Crippen LogP contribution in [0.2, 0.25) is 0 Å². The molecule has 0 amide bonds. The maximum atomic E-state index is 12.0. The number of hydrogen-bond donors (Lipinski definition) is 1. The van der Waals surface area contributed by atoms with Gasteiger partial charge < -0.3 is 10.1 Å². The summed E-state index contributed by atoms with van der Waals surface area (Å²) in [6.45, 7) is 2.87. The van der Waals surface area contributed by atoms with E-state index in [-0.39, 0.29) is 5.97 Å². The van der Waals surface area contributed by atoms with Crippen LogP contribution in [0, 0.1) is 5.92 Å². The van der Waals surface area contributed by atoms with E-state index in [1.54, 1.807) is 0 Å². The fourth-order valence-electron chi connectivity index (χ4n) is 2.80. The molecule has 0 radical (unpaired) electrons. The predicted octanol–water partition coefficient (Wildman–Crippen LogP) is 2.06. The van der Waals surface area contributed by atoms with Crippen molar-refractivity contribution in [3.63, 3.8) is 0 Å². The van der Waals surface area contributed by atoms with E-state index in [2.05, 4.69) is 18.5 Å². The van der Waals surface area contributed by atoms with E-state index in [0.29, 0.717) is 5.92 Å². The molecule has 2 unspecified atom stereocenters. The summed E-state index contributed by atoms with van der Waals surface area (Å²) in [5, 5.41) is 3.38. The molecule has 0 aromatic rings. The topological polar surface area (TPSA) is 38.3 Å². The molecular formula is C12H23NO2S. The van der Waals surface area contributed by atoms with Gasteiger partial charge in [-0.05, 0) is 43.7 Å². The van der Waals surface area contributed by atoms with Crippen LogP contribution in [0.15, 0.2) is 0 Å². The molecule has 1 rings (SSSR count). The lowest BCUT2D eigenvalue weighted by atomic mass is 9.85. The predicted molar refractivity (Wildman–Crippen MR) is 68.8 cm³/mol. The fourth-order valence-corrected chi connectivity index (χ4v) is 3.32. The number of nitrogens with one attached hydrogen (secondary N) is 1. The molecule has 0 aromatic carbocycles. The van der Waals surface area contributed by atoms with Gasteiger partial charge in [0, 0.05) is 0 Å². The van der Waals surface area contributed by atoms with Gasteiger partial charge in [0.2, 0.25) is 0 Å². The smallest absolute Gasteiger partial charge is 0.326 e. The maximum Gasteiger partial charge on any atom is 0.326 e. The van der Waals surface area contributed by atoms with Crippen LogP contribution in [0.5, 0.6) is 0 Å². The summed E-state index contributed by atoms with van der Waals surface area (Å²) < 4.78 is 4.99. The van der Waals surface area contributed by atoms with E-state index in [9.17, 15) is 4.79 Å². The van der Waals surface area contributed by atoms with Crippen LogP contribution < -0.4 is 5.32 Å². The van der Waals surface area contributed by atoms with Crippen LogP contribution in [-0.2, 0) is 9.53 Å². The summed E-state index contributed by atoms with van der Waals surface area (Å²) in [6.07, 6.45) is 6.40. The standard InChI is InChI=1S/C12H23NO2S/c1-4-13-12(11(14)15-2)8-5-6-10(12)7-9-16-3/h10,13H,4-9H2,1-3H3. The third kappa shape index (κ3) is 2.72. The molecule has 1 aliphatic rings. The molecule has 0 heterocycles. The van der Waals surface area contributed by atoms with Crippen molar-refractivity contribution in [3.05, 3.63) is 0 Å². The molecular weight excluding hydrogens is 222 g/mol. The fraction of sp³-hybridized carbons (Fsp3) is 0.917. The molecule has 94 valence electrons. The molecule has 1 N–H and O–H groups in total. The molecule has 4 heteroatoms. The second kappa shape index (κ2) is 6.50. The van der Waals surface area contributed by atoms with Gasteiger partial charge in [0.05, 0.1) is 7.11 Å². The molecule has 0 aliphatic heterocycles. The molecule has 1 aliphatic carbocycles. The van der Waals surface area contributed by atoms with Crippen LogP contribution >= 0.6 is 11.8 Å². The minimum absolute atomic E-state index is 0.0713. The van der Waals surface area contributed by atoms with Gasteiger partial charge in [-0.15, -0.1) is 0 Å². The summed E-state index contributed by atoms with van der Waals surface area (Å²) in [4.78, 5) is 12.0. The van der Waals surface area contributed by atoms with Crippen molar-refractivity contribution < 1.29 is 9.53 Å². The third-order valence-corrected chi connectivity index (χ3v) is 4.18. The van der Waals surface area contributed by atoms with Gasteiger partial charge in [0.1, 0.15) is 5.54 Å². The SMILES string of the molecule is CCNC1(C(=O)OC)CCCC1CCSC. The number of ether oxygens (including phenoxy) is 1. The molecule has 0 aromatic heterocycles. The number of likely N-dealkylation sites (N-methyl/N-ethyl adjacent to an activating group) is 1. The first-order valence-corrected chi connectivity index (χ1v) is 7.43. The number of hydrogen-bond acceptors (Lipinski definition) is 4. The average Bonchev–Trinajstić information content (AvgIpc) is 2.70. The van der Waals surface area contributed by atoms with Gasteiger partial charge in [0.15, 0.2) is 0 Å². The first-order chi connectivity index (χ1) is 7.71. The Hall–Kier alpha value is -0.220. The molecule has 2 atom stereocenters. The third-order valence-electron chi connectivity index (χ3n) is 3.53. The summed E-state index contributed by atoms with van der Waals surface area (Å²) >= 11 is 1.85. The number of carbonyl (C=O) groups is 1. The Kier molecular flexibility index (Phi) is 5.62. The second-order valence-electron chi connectivity index (χ2n) is 4.36. The monoisotopic (exact) mass is 245 g/mol. The van der Waals surface area contributed by atoms with Gasteiger partial charge in [-0.25, -0.2) is 0 Å². The normalized spacial score (nSPS) is 29.3. The molecule has 16 heavy (non-hydrogen) atoms. The van der Waals surface area contributed by atoms with Gasteiger partial charge in [-0.1, -0.05) is 13.3 Å². The van der Waals surface area contributed by atoms with Gasteiger partial charge >= 0.3 is 5.97 Å². The highest BCUT2D eigenvalue weighted by Crippen LogP contribution is 2.39. The number of esters is 1. The number of methoxy groups -OCH3 is 1. The highest BCUT2D eigenvalue weighted by Gasteiger charge is 2.48. The lowest BCUT2D eigenvalue weighted by Gasteiger charge is -2.33. The zero-order chi connectivity index (χ0) is 12.0. The molecule has 1 fully saturated rings. The summed E-state index contributed by atoms with van der Waals surface area (Å²) in [5.74, 6) is 1.49. The van der Waals surface area contributed by atoms with E-state index in [0.717, 1.165) is 38.0 Å². The Labute approximate surface area is 103 Å². The van der Waals surface area contributed by atoms with E-state index in [1.165, 1.54) is 7.11 Å². The van der Waals surface area contributed by atoms with Crippen LogP contribution in [0.4, 0.5) is 0 Å². The number of thioether (sulfide) groups is 1. The van der Waals surface area contributed by atoms with Crippen molar-refractivity contribution in [1.29, 1.82) is 0 Å². The molecule has 0 saturated heterocycles. The Bertz CT molecular complexity index is 235. The van der Waals surface area contributed by atoms with Crippen molar-refractivity contribution in [2.75, 3.05) is 25.7 Å². The number of rotatable bonds is 6. The Morgan fingerprint density at radius 1 is 1.62 bits per heavy atom. The van der Waals surface area contributed by atoms with E-state index in [1.807, 2.05) is 11.8 Å². The van der Waals surface area contributed by atoms with Crippen molar-refractivity contribution in [2.24, 2.45) is 5.92 Å². The highest BCUT2D eigenvalue weighted by atomic mass is 32.2. The lowest BCUT2D eigenvalue weighted by molar-refractivity contribution is -0.150. The average molecular weight is 245 g/mol. The van der Waals surface area contributed by atoms with E-state index < -0.39 is 5.54 Å². The van der Waals surface area contributed by atoms with E-state index >= 15 is 0 Å². The molecule has 1 saturated carbocycles. The van der Waals surface area contributed by atoms with Gasteiger partial charge in [-0.2, -0.15) is 11.8 Å². The zero-order valence-electron chi connectivity index (χ0n) is 10.5. The van der Waals surface area contributed by atoms with Crippen LogP contribution in [0.1, 0.15) is 32.6 Å². The van der Waals surface area contributed by atoms with Crippen LogP contribution in [-0.4, -0.2) is 37.2 Å². The van der Waals surface area contributed by atoms with Crippen molar-refractivity contribution in [2.45, 2.75) is 38.1 Å². The zero-order valence-corrected chi connectivity index (χ0v) is 11.4. The summed E-state index contributed by atoms with van der Waals surface area (Å²) in [6, 6.07) is 0. The molecule has 3 nitrogen and oxygen atoms in total. The Balaban J connectivity index is 2.76. The van der Waals surface area contributed by atoms with Gasteiger partial charge in [-0.3, -0.25) is 4.79 Å². The number of carbonyl (C=O) groups excluding carboxylic acids is 1. The van der Waals surface area contributed by atoms with Crippen molar-refractivity contribution >= 4 is 17.7 Å². The Morgan fingerprint density at radius 3 is 2.94 bits per heavy atom. The first-order valence-electron chi connectivity index (χ1n) is 6.03. The molecule has 0 spiro atoms. The largest absolute Gasteiger partial charge is 0.468 e. The first kappa shape index (κ1) is 13.8. The van der Waals surface area contributed by atoms with Crippen LogP contribution in [0.3, 0.4) is 0 Å². The van der Waals surface area contributed by atoms with Crippen molar-refractivity contribution in [3.8, 4) is 0 Å². The van der Waals surface area contributed by atoms with Gasteiger partial charge in [0.25, 0.3) is 0 Å². The molecule has 0 bridgehead atoms. The van der Waals surface area contributed by atoms with Crippen molar-refractivity contribution in [1.82, 2.24) is 5.32 Å². The minimum atomic E-state index is -0.404. The minimum Gasteiger partial charge on any atom is -0.468 e.